The molecule has 3 aliphatic rings. The van der Waals surface area contributed by atoms with E-state index in [2.05, 4.69) is 30.8 Å². The van der Waals surface area contributed by atoms with E-state index in [1.807, 2.05) is 47.0 Å². The minimum atomic E-state index is -4.33. The quantitative estimate of drug-likeness (QED) is 0.0650. The fraction of sp³-hybridized carbons (Fsp3) is 0.737. The summed E-state index contributed by atoms with van der Waals surface area (Å²) >= 11 is 0. The van der Waals surface area contributed by atoms with Crippen LogP contribution in [0.1, 0.15) is 71.5 Å². The molecule has 0 saturated carbocycles. The molecule has 0 amide bonds. The van der Waals surface area contributed by atoms with Crippen molar-refractivity contribution in [3.05, 3.63) is 86.7 Å². The maximum atomic E-state index is 14.5. The van der Waals surface area contributed by atoms with Gasteiger partial charge in [0, 0.05) is 34.9 Å². The van der Waals surface area contributed by atoms with Gasteiger partial charge < -0.3 is 33.9 Å². The van der Waals surface area contributed by atoms with E-state index in [4.69, 9.17) is 38.5 Å². The number of aliphatic hydroxyl groups excluding tert-OH is 1. The Balaban J connectivity index is 1.45. The van der Waals surface area contributed by atoms with Crippen LogP contribution in [-0.4, -0.2) is 105 Å². The third kappa shape index (κ3) is 9.41. The first-order chi connectivity index (χ1) is 28.5. The van der Waals surface area contributed by atoms with E-state index in [9.17, 15) is 32.7 Å². The number of hydrogen-bond acceptors (Lipinski definition) is 15. The van der Waals surface area contributed by atoms with Crippen LogP contribution in [0.25, 0.3) is 10.4 Å². The Morgan fingerprint density at radius 3 is 1.94 bits per heavy atom. The van der Waals surface area contributed by atoms with E-state index in [1.54, 1.807) is 0 Å². The van der Waals surface area contributed by atoms with Crippen molar-refractivity contribution in [1.82, 2.24) is 18.3 Å². The second kappa shape index (κ2) is 17.7. The van der Waals surface area contributed by atoms with Gasteiger partial charge in [-0.1, -0.05) is 46.7 Å². The first-order valence-corrected chi connectivity index (χ1v) is 27.8. The average molecular weight is 927 g/mol. The van der Waals surface area contributed by atoms with Crippen LogP contribution < -0.4 is 28.2 Å². The first-order valence-electron chi connectivity index (χ1n) is 20.5. The summed E-state index contributed by atoms with van der Waals surface area (Å²) in [5.41, 5.74) is 11.1. The van der Waals surface area contributed by atoms with Crippen LogP contribution in [0.15, 0.2) is 47.8 Å². The summed E-state index contributed by atoms with van der Waals surface area (Å²) < 4.78 is 68.4. The summed E-state index contributed by atoms with van der Waals surface area (Å²) in [4.78, 5) is 57.4. The molecule has 2 fully saturated rings. The topological polar surface area (TPSA) is 273 Å². The lowest BCUT2D eigenvalue weighted by atomic mass is 9.89. The number of rotatable bonds is 15. The van der Waals surface area contributed by atoms with Crippen LogP contribution in [0.5, 0.6) is 0 Å². The molecule has 2 aromatic rings. The van der Waals surface area contributed by atoms with Crippen molar-refractivity contribution >= 4 is 26.8 Å². The zero-order valence-electron chi connectivity index (χ0n) is 37.6. The van der Waals surface area contributed by atoms with Crippen molar-refractivity contribution in [2.24, 2.45) is 10.8 Å². The monoisotopic (exact) mass is 926 g/mol. The largest absolute Gasteiger partial charge is 0.414 e. The van der Waals surface area contributed by atoms with Gasteiger partial charge in [0.15, 0.2) is 28.5 Å². The minimum Gasteiger partial charge on any atom is -0.414 e. The van der Waals surface area contributed by atoms with Crippen molar-refractivity contribution in [3.8, 4) is 0 Å². The molecule has 3 N–H and O–H groups in total. The summed E-state index contributed by atoms with van der Waals surface area (Å²) in [7, 11) is -9.65. The van der Waals surface area contributed by atoms with Gasteiger partial charge in [-0.05, 0) is 55.6 Å². The average Bonchev–Trinajstić information content (AvgIpc) is 3.78. The van der Waals surface area contributed by atoms with Gasteiger partial charge in [0.2, 0.25) is 0 Å². The molecular formula is C38H62N8O13SSi2. The summed E-state index contributed by atoms with van der Waals surface area (Å²) in [6.07, 6.45) is -2.76. The molecule has 0 aromatic carbocycles. The fourth-order valence-corrected chi connectivity index (χ4v) is 10.7. The minimum absolute atomic E-state index is 0.101. The van der Waals surface area contributed by atoms with Gasteiger partial charge in [0.1, 0.15) is 18.4 Å². The molecule has 346 valence electrons. The van der Waals surface area contributed by atoms with Crippen molar-refractivity contribution in [3.63, 3.8) is 0 Å². The molecule has 5 rings (SSSR count). The van der Waals surface area contributed by atoms with Gasteiger partial charge in [-0.25, -0.2) is 13.8 Å². The van der Waals surface area contributed by atoms with Crippen molar-refractivity contribution in [2.75, 3.05) is 26.4 Å². The Kier molecular flexibility index (Phi) is 14.1. The van der Waals surface area contributed by atoms with E-state index < -0.39 is 103 Å². The van der Waals surface area contributed by atoms with E-state index in [-0.39, 0.29) is 61.2 Å². The molecule has 0 aliphatic carbocycles. The lowest BCUT2D eigenvalue weighted by Crippen LogP contribution is -2.59. The molecule has 0 radical (unpaired) electrons. The SMILES string of the molecule is Cc1cn([C@@H]2O[C@H](CO[Si](C)(C)C(C)(C)C)C3(OS(=O)(=O)C=C3N)[C@H]2O[Si](C)(C)C(C)(C)C)c(=O)n(CCOCCn2c(=O)c(C)cn([C@H]3C[C@H](N=[N+]=[N-])[C@@H](CO)O3)c2=O)c1=O. The van der Waals surface area contributed by atoms with Crippen LogP contribution in [0.3, 0.4) is 0 Å². The van der Waals surface area contributed by atoms with Gasteiger partial charge >= 0.3 is 11.4 Å². The van der Waals surface area contributed by atoms with E-state index in [0.29, 0.717) is 0 Å². The fourth-order valence-electron chi connectivity index (χ4n) is 7.17. The van der Waals surface area contributed by atoms with Crippen LogP contribution >= 0.6 is 0 Å². The summed E-state index contributed by atoms with van der Waals surface area (Å²) in [5.74, 6) is 0. The third-order valence-electron chi connectivity index (χ3n) is 12.9. The third-order valence-corrected chi connectivity index (χ3v) is 22.9. The predicted molar refractivity (Wildman–Crippen MR) is 233 cm³/mol. The molecule has 5 heterocycles. The van der Waals surface area contributed by atoms with Crippen molar-refractivity contribution < 1.29 is 40.8 Å². The number of nitrogens with zero attached hydrogens (tertiary/aromatic N) is 7. The molecule has 21 nitrogen and oxygen atoms in total. The van der Waals surface area contributed by atoms with Gasteiger partial charge in [0.05, 0.1) is 62.8 Å². The number of nitrogens with two attached hydrogens (primary N) is 1. The van der Waals surface area contributed by atoms with Gasteiger partial charge in [-0.3, -0.25) is 27.9 Å². The van der Waals surface area contributed by atoms with Crippen LogP contribution in [0, 0.1) is 13.8 Å². The van der Waals surface area contributed by atoms with Crippen LogP contribution in [0.4, 0.5) is 0 Å². The second-order valence-electron chi connectivity index (χ2n) is 19.2. The van der Waals surface area contributed by atoms with Crippen LogP contribution in [0.2, 0.25) is 36.3 Å². The van der Waals surface area contributed by atoms with E-state index in [1.165, 1.54) is 35.4 Å². The molecule has 1 spiro atoms. The lowest BCUT2D eigenvalue weighted by Gasteiger charge is -2.43. The Hall–Kier alpha value is -3.69. The zero-order valence-corrected chi connectivity index (χ0v) is 40.4. The maximum absolute atomic E-state index is 14.5. The van der Waals surface area contributed by atoms with Gasteiger partial charge in [-0.2, -0.15) is 8.42 Å². The summed E-state index contributed by atoms with van der Waals surface area (Å²) in [6.45, 7) is 21.8. The van der Waals surface area contributed by atoms with Crippen LogP contribution in [-0.2, 0) is 50.5 Å². The number of ether oxygens (including phenoxy) is 3. The lowest BCUT2D eigenvalue weighted by molar-refractivity contribution is -0.0568. The molecule has 1 unspecified atom stereocenters. The molecule has 0 bridgehead atoms. The highest BCUT2D eigenvalue weighted by atomic mass is 32.2. The standard InChI is InChI=1S/C38H62N8O13SSi2/c1-23-18-45(29-17-25(41-42-40)26(20-47)56-29)34(50)43(31(23)48)13-15-54-16-14-44-32(49)24(2)19-46(35(44)51)33-30(58-62(11,12)37(6,7)8)38(27(39)22-60(52,53)59-38)28(57-33)21-55-61(9,10)36(3,4)5/h18-19,22,25-26,28-30,33,47H,13-17,20-21,39H2,1-12H3/t25-,26+,28+,29+,30-,33+,38?/m0/s1. The van der Waals surface area contributed by atoms with Gasteiger partial charge in [0.25, 0.3) is 21.2 Å². The summed E-state index contributed by atoms with van der Waals surface area (Å²) in [5, 5.41) is 13.6. The molecule has 62 heavy (non-hydrogen) atoms. The Morgan fingerprint density at radius 2 is 1.45 bits per heavy atom. The molecule has 7 atom stereocenters. The molecular weight excluding hydrogens is 865 g/mol. The number of hydrogen-bond donors (Lipinski definition) is 2. The highest BCUT2D eigenvalue weighted by Gasteiger charge is 2.67. The Morgan fingerprint density at radius 1 is 0.919 bits per heavy atom. The summed E-state index contributed by atoms with van der Waals surface area (Å²) in [6, 6.07) is -0.720. The molecule has 2 saturated heterocycles. The van der Waals surface area contributed by atoms with Crippen molar-refractivity contribution in [2.45, 2.75) is 154 Å². The van der Waals surface area contributed by atoms with E-state index in [0.717, 1.165) is 14.5 Å². The number of aliphatic hydroxyl groups is 1. The molecule has 3 aliphatic heterocycles. The zero-order chi connectivity index (χ0) is 46.5. The second-order valence-corrected chi connectivity index (χ2v) is 30.1. The van der Waals surface area contributed by atoms with E-state index >= 15 is 0 Å². The Bertz CT molecular complexity index is 2460. The van der Waals surface area contributed by atoms with Crippen molar-refractivity contribution in [1.29, 1.82) is 0 Å². The first kappa shape index (κ1) is 49.3. The molecule has 24 heteroatoms. The van der Waals surface area contributed by atoms with Gasteiger partial charge in [-0.15, -0.1) is 0 Å². The predicted octanol–water partition coefficient (Wildman–Crippen LogP) is 2.83. The normalized spacial score (nSPS) is 26.6. The highest BCUT2D eigenvalue weighted by Crippen LogP contribution is 2.52. The number of aromatic nitrogens is 4. The highest BCUT2D eigenvalue weighted by molar-refractivity contribution is 7.90. The number of aryl methyl sites for hydroxylation is 2. The Labute approximate surface area is 362 Å². The maximum Gasteiger partial charge on any atom is 0.333 e. The smallest absolute Gasteiger partial charge is 0.333 e. The molecule has 2 aromatic heterocycles. The number of azide groups is 1.